The van der Waals surface area contributed by atoms with E-state index >= 15 is 0 Å². The Morgan fingerprint density at radius 2 is 1.92 bits per heavy atom. The first-order valence-corrected chi connectivity index (χ1v) is 8.31. The van der Waals surface area contributed by atoms with Crippen LogP contribution in [0.25, 0.3) is 0 Å². The van der Waals surface area contributed by atoms with Crippen LogP contribution >= 0.6 is 0 Å². The number of carbonyl (C=O) groups excluding carboxylic acids is 4. The van der Waals surface area contributed by atoms with Crippen LogP contribution in [0.5, 0.6) is 0 Å². The van der Waals surface area contributed by atoms with E-state index in [0.29, 0.717) is 29.6 Å². The van der Waals surface area contributed by atoms with Gasteiger partial charge in [0, 0.05) is 13.8 Å². The zero-order valence-corrected chi connectivity index (χ0v) is 15.1. The van der Waals surface area contributed by atoms with Gasteiger partial charge in [0.05, 0.1) is 12.0 Å². The minimum absolute atomic E-state index is 0.000759. The lowest BCUT2D eigenvalue weighted by Gasteiger charge is -2.21. The van der Waals surface area contributed by atoms with Crippen molar-refractivity contribution in [1.29, 1.82) is 0 Å². The fourth-order valence-electron chi connectivity index (χ4n) is 2.89. The zero-order chi connectivity index (χ0) is 19.4. The largest absolute Gasteiger partial charge is 0.461 e. The van der Waals surface area contributed by atoms with Gasteiger partial charge in [0.2, 0.25) is 0 Å². The van der Waals surface area contributed by atoms with Crippen LogP contribution in [0.15, 0.2) is 34.9 Å². The van der Waals surface area contributed by atoms with E-state index < -0.39 is 30.1 Å². The van der Waals surface area contributed by atoms with Crippen LogP contribution in [-0.4, -0.2) is 42.5 Å². The van der Waals surface area contributed by atoms with Gasteiger partial charge in [-0.05, 0) is 42.6 Å². The molecule has 0 bridgehead atoms. The van der Waals surface area contributed by atoms with E-state index in [1.54, 1.807) is 13.0 Å². The van der Waals surface area contributed by atoms with E-state index in [4.69, 9.17) is 14.2 Å². The monoisotopic (exact) mass is 362 g/mol. The molecule has 0 fully saturated rings. The van der Waals surface area contributed by atoms with Gasteiger partial charge < -0.3 is 14.2 Å². The molecular weight excluding hydrogens is 340 g/mol. The first-order valence-electron chi connectivity index (χ1n) is 8.31. The summed E-state index contributed by atoms with van der Waals surface area (Å²) in [5.41, 5.74) is 1.91. The van der Waals surface area contributed by atoms with Crippen LogP contribution in [0.1, 0.15) is 40.0 Å². The molecule has 7 heteroatoms. The van der Waals surface area contributed by atoms with Gasteiger partial charge in [-0.1, -0.05) is 6.58 Å². The first-order chi connectivity index (χ1) is 12.2. The second-order valence-corrected chi connectivity index (χ2v) is 6.35. The van der Waals surface area contributed by atoms with Gasteiger partial charge in [-0.15, -0.1) is 0 Å². The third-order valence-electron chi connectivity index (χ3n) is 4.32. The SMILES string of the molecule is C=C1CCC2=C(COC(C)=O)C(=O)O[C@@H]2/C=C(/C)[C@H](OC(C)=O)CC1=O. The molecule has 0 amide bonds. The van der Waals surface area contributed by atoms with Crippen molar-refractivity contribution in [3.05, 3.63) is 34.9 Å². The number of ether oxygens (including phenoxy) is 3. The molecule has 0 aromatic carbocycles. The van der Waals surface area contributed by atoms with Gasteiger partial charge in [0.1, 0.15) is 18.8 Å². The highest BCUT2D eigenvalue weighted by atomic mass is 16.6. The molecule has 0 N–H and O–H groups in total. The predicted molar refractivity (Wildman–Crippen MR) is 90.8 cm³/mol. The Bertz CT molecular complexity index is 726. The van der Waals surface area contributed by atoms with Crippen molar-refractivity contribution < 1.29 is 33.4 Å². The van der Waals surface area contributed by atoms with Crippen LogP contribution in [0.4, 0.5) is 0 Å². The summed E-state index contributed by atoms with van der Waals surface area (Å²) in [5, 5.41) is 0. The Balaban J connectivity index is 2.41. The summed E-state index contributed by atoms with van der Waals surface area (Å²) in [5.74, 6) is -1.77. The summed E-state index contributed by atoms with van der Waals surface area (Å²) < 4.78 is 15.6. The summed E-state index contributed by atoms with van der Waals surface area (Å²) in [6.45, 7) is 7.85. The molecule has 140 valence electrons. The topological polar surface area (TPSA) is 96.0 Å². The van der Waals surface area contributed by atoms with Crippen molar-refractivity contribution in [3.63, 3.8) is 0 Å². The van der Waals surface area contributed by atoms with E-state index in [0.717, 1.165) is 0 Å². The van der Waals surface area contributed by atoms with Gasteiger partial charge >= 0.3 is 17.9 Å². The van der Waals surface area contributed by atoms with Crippen molar-refractivity contribution in [3.8, 4) is 0 Å². The average molecular weight is 362 g/mol. The van der Waals surface area contributed by atoms with Gasteiger partial charge in [0.15, 0.2) is 5.78 Å². The average Bonchev–Trinajstić information content (AvgIpc) is 2.83. The van der Waals surface area contributed by atoms with Crippen LogP contribution < -0.4 is 0 Å². The molecule has 26 heavy (non-hydrogen) atoms. The number of rotatable bonds is 3. The van der Waals surface area contributed by atoms with Crippen molar-refractivity contribution >= 4 is 23.7 Å². The minimum Gasteiger partial charge on any atom is -0.461 e. The number of allylic oxidation sites excluding steroid dienone is 1. The number of hydrogen-bond acceptors (Lipinski definition) is 7. The fraction of sp³-hybridized carbons (Fsp3) is 0.474. The molecular formula is C19H22O7. The Kier molecular flexibility index (Phi) is 6.13. The summed E-state index contributed by atoms with van der Waals surface area (Å²) in [6.07, 6.45) is 1.01. The van der Waals surface area contributed by atoms with Crippen LogP contribution in [-0.2, 0) is 33.4 Å². The molecule has 0 spiro atoms. The Hall–Kier alpha value is -2.70. The Labute approximate surface area is 151 Å². The Morgan fingerprint density at radius 3 is 2.54 bits per heavy atom. The van der Waals surface area contributed by atoms with Crippen molar-refractivity contribution in [2.24, 2.45) is 0 Å². The van der Waals surface area contributed by atoms with E-state index in [1.807, 2.05) is 0 Å². The quantitative estimate of drug-likeness (QED) is 0.328. The normalized spacial score (nSPS) is 25.8. The number of esters is 3. The van der Waals surface area contributed by atoms with E-state index in [1.165, 1.54) is 13.8 Å². The molecule has 2 rings (SSSR count). The number of fused-ring (bicyclic) bond motifs is 1. The lowest BCUT2D eigenvalue weighted by molar-refractivity contribution is -0.146. The highest BCUT2D eigenvalue weighted by molar-refractivity contribution is 5.96. The number of Topliss-reactive ketones (excluding diaryl/α,β-unsaturated/α-hetero) is 1. The summed E-state index contributed by atoms with van der Waals surface area (Å²) in [7, 11) is 0. The lowest BCUT2D eigenvalue weighted by atomic mass is 9.90. The fourth-order valence-corrected chi connectivity index (χ4v) is 2.89. The molecule has 0 saturated heterocycles. The number of ketones is 1. The first kappa shape index (κ1) is 19.6. The number of hydrogen-bond donors (Lipinski definition) is 0. The smallest absolute Gasteiger partial charge is 0.338 e. The highest BCUT2D eigenvalue weighted by Gasteiger charge is 2.35. The maximum Gasteiger partial charge on any atom is 0.338 e. The van der Waals surface area contributed by atoms with Gasteiger partial charge in [0.25, 0.3) is 0 Å². The van der Waals surface area contributed by atoms with Gasteiger partial charge in [-0.3, -0.25) is 14.4 Å². The second-order valence-electron chi connectivity index (χ2n) is 6.35. The van der Waals surface area contributed by atoms with Crippen LogP contribution in [0, 0.1) is 0 Å². The molecule has 0 aromatic rings. The minimum atomic E-state index is -0.743. The summed E-state index contributed by atoms with van der Waals surface area (Å²) in [6, 6.07) is 0. The van der Waals surface area contributed by atoms with Crippen molar-refractivity contribution in [2.75, 3.05) is 6.61 Å². The predicted octanol–water partition coefficient (Wildman–Crippen LogP) is 1.96. The molecule has 1 aliphatic heterocycles. The molecule has 0 saturated carbocycles. The van der Waals surface area contributed by atoms with E-state index in [2.05, 4.69) is 6.58 Å². The third-order valence-corrected chi connectivity index (χ3v) is 4.32. The molecule has 7 nitrogen and oxygen atoms in total. The van der Waals surface area contributed by atoms with Crippen LogP contribution in [0.2, 0.25) is 0 Å². The molecule has 2 aliphatic rings. The molecule has 2 atom stereocenters. The van der Waals surface area contributed by atoms with Gasteiger partial charge in [-0.25, -0.2) is 4.79 Å². The standard InChI is InChI=1S/C19H22O7/c1-10-5-6-14-15(9-24-12(3)20)19(23)26-18(14)7-11(2)17(8-16(10)22)25-13(4)21/h7,17-18H,1,5-6,8-9H2,2-4H3/b11-7-/t17-,18-/m1/s1. The molecule has 0 radical (unpaired) electrons. The third kappa shape index (κ3) is 4.68. The number of carbonyl (C=O) groups is 4. The van der Waals surface area contributed by atoms with Crippen molar-refractivity contribution in [1.82, 2.24) is 0 Å². The van der Waals surface area contributed by atoms with Gasteiger partial charge in [-0.2, -0.15) is 0 Å². The van der Waals surface area contributed by atoms with Crippen LogP contribution in [0.3, 0.4) is 0 Å². The van der Waals surface area contributed by atoms with E-state index in [-0.39, 0.29) is 24.4 Å². The highest BCUT2D eigenvalue weighted by Crippen LogP contribution is 2.32. The molecule has 1 aliphatic carbocycles. The maximum absolute atomic E-state index is 12.3. The van der Waals surface area contributed by atoms with Crippen molar-refractivity contribution in [2.45, 2.75) is 52.2 Å². The summed E-state index contributed by atoms with van der Waals surface area (Å²) in [4.78, 5) is 46.9. The molecule has 0 unspecified atom stereocenters. The second kappa shape index (κ2) is 8.12. The molecule has 1 heterocycles. The summed E-state index contributed by atoms with van der Waals surface area (Å²) >= 11 is 0. The zero-order valence-electron chi connectivity index (χ0n) is 15.1. The Morgan fingerprint density at radius 1 is 1.23 bits per heavy atom. The lowest BCUT2D eigenvalue weighted by Crippen LogP contribution is -2.25. The maximum atomic E-state index is 12.3. The molecule has 0 aromatic heterocycles. The van der Waals surface area contributed by atoms with E-state index in [9.17, 15) is 19.2 Å².